The van der Waals surface area contributed by atoms with Gasteiger partial charge in [0.1, 0.15) is 11.8 Å². The van der Waals surface area contributed by atoms with Gasteiger partial charge in [0, 0.05) is 5.56 Å². The molecule has 0 heterocycles. The van der Waals surface area contributed by atoms with Crippen molar-refractivity contribution >= 4 is 0 Å². The average molecular weight is 189 g/mol. The molecule has 14 heavy (non-hydrogen) atoms. The second-order valence-corrected chi connectivity index (χ2v) is 4.25. The summed E-state index contributed by atoms with van der Waals surface area (Å²) >= 11 is 0. The number of rotatable bonds is 1. The van der Waals surface area contributed by atoms with Crippen molar-refractivity contribution in [1.29, 1.82) is 5.26 Å². The number of methoxy groups -OCH3 is 1. The predicted molar refractivity (Wildman–Crippen MR) is 56.4 cm³/mol. The van der Waals surface area contributed by atoms with E-state index in [1.165, 1.54) is 0 Å². The van der Waals surface area contributed by atoms with Crippen LogP contribution in [0.3, 0.4) is 0 Å². The van der Waals surface area contributed by atoms with Crippen molar-refractivity contribution < 1.29 is 4.74 Å². The van der Waals surface area contributed by atoms with Gasteiger partial charge in [-0.05, 0) is 11.5 Å². The molecule has 0 aromatic heterocycles. The molecule has 2 heteroatoms. The number of hydrogen-bond acceptors (Lipinski definition) is 2. The zero-order valence-electron chi connectivity index (χ0n) is 9.09. The van der Waals surface area contributed by atoms with Crippen LogP contribution in [-0.2, 0) is 5.41 Å². The Balaban J connectivity index is 3.39. The van der Waals surface area contributed by atoms with E-state index in [1.54, 1.807) is 13.2 Å². The van der Waals surface area contributed by atoms with Gasteiger partial charge in [0.2, 0.25) is 0 Å². The molecule has 0 aliphatic rings. The molecule has 0 aliphatic carbocycles. The lowest BCUT2D eigenvalue weighted by molar-refractivity contribution is 0.396. The van der Waals surface area contributed by atoms with Crippen LogP contribution < -0.4 is 4.74 Å². The minimum absolute atomic E-state index is 0.00178. The monoisotopic (exact) mass is 189 g/mol. The molecule has 0 saturated heterocycles. The molecule has 2 nitrogen and oxygen atoms in total. The molecule has 0 fully saturated rings. The summed E-state index contributed by atoms with van der Waals surface area (Å²) in [6.07, 6.45) is 0. The maximum absolute atomic E-state index is 8.91. The van der Waals surface area contributed by atoms with Gasteiger partial charge >= 0.3 is 0 Å². The number of benzene rings is 1. The minimum Gasteiger partial charge on any atom is -0.495 e. The van der Waals surface area contributed by atoms with Crippen molar-refractivity contribution in [1.82, 2.24) is 0 Å². The fraction of sp³-hybridized carbons (Fsp3) is 0.417. The van der Waals surface area contributed by atoms with E-state index in [-0.39, 0.29) is 5.41 Å². The largest absolute Gasteiger partial charge is 0.495 e. The van der Waals surface area contributed by atoms with Gasteiger partial charge < -0.3 is 4.74 Å². The van der Waals surface area contributed by atoms with E-state index in [9.17, 15) is 0 Å². The lowest BCUT2D eigenvalue weighted by Crippen LogP contribution is -2.13. The normalized spacial score (nSPS) is 10.8. The molecule has 0 unspecified atom stereocenters. The second-order valence-electron chi connectivity index (χ2n) is 4.25. The Morgan fingerprint density at radius 3 is 2.36 bits per heavy atom. The van der Waals surface area contributed by atoms with Gasteiger partial charge in [0.05, 0.1) is 12.7 Å². The van der Waals surface area contributed by atoms with Gasteiger partial charge in [-0.25, -0.2) is 0 Å². The third-order valence-electron chi connectivity index (χ3n) is 2.15. The number of para-hydroxylation sites is 1. The number of nitrogens with zero attached hydrogens (tertiary/aromatic N) is 1. The molecule has 0 bridgehead atoms. The Morgan fingerprint density at radius 1 is 1.29 bits per heavy atom. The van der Waals surface area contributed by atoms with Crippen molar-refractivity contribution in [2.45, 2.75) is 26.2 Å². The first-order valence-electron chi connectivity index (χ1n) is 4.58. The Bertz CT molecular complexity index is 369. The first-order chi connectivity index (χ1) is 6.50. The molecule has 0 N–H and O–H groups in total. The van der Waals surface area contributed by atoms with Gasteiger partial charge in [-0.3, -0.25) is 0 Å². The smallest absolute Gasteiger partial charge is 0.140 e. The van der Waals surface area contributed by atoms with Crippen molar-refractivity contribution in [3.05, 3.63) is 29.3 Å². The van der Waals surface area contributed by atoms with Gasteiger partial charge in [-0.2, -0.15) is 5.26 Å². The third-order valence-corrected chi connectivity index (χ3v) is 2.15. The standard InChI is InChI=1S/C12H15NO/c1-12(2,3)10-7-5-6-9(8-13)11(10)14-4/h5-7H,1-4H3. The van der Waals surface area contributed by atoms with Crippen LogP contribution in [0.5, 0.6) is 5.75 Å². The van der Waals surface area contributed by atoms with Crippen molar-refractivity contribution in [2.75, 3.05) is 7.11 Å². The third kappa shape index (κ3) is 1.88. The van der Waals surface area contributed by atoms with Gasteiger partial charge in [0.15, 0.2) is 0 Å². The Hall–Kier alpha value is -1.49. The van der Waals surface area contributed by atoms with Crippen LogP contribution in [0.4, 0.5) is 0 Å². The highest BCUT2D eigenvalue weighted by molar-refractivity contribution is 5.50. The molecule has 0 radical (unpaired) electrons. The summed E-state index contributed by atoms with van der Waals surface area (Å²) in [5.74, 6) is 0.697. The van der Waals surface area contributed by atoms with Crippen molar-refractivity contribution in [3.8, 4) is 11.8 Å². The summed E-state index contributed by atoms with van der Waals surface area (Å²) in [6, 6.07) is 7.80. The molecule has 1 rings (SSSR count). The molecular weight excluding hydrogens is 174 g/mol. The molecule has 1 aromatic rings. The molecule has 74 valence electrons. The predicted octanol–water partition coefficient (Wildman–Crippen LogP) is 2.86. The second kappa shape index (κ2) is 3.71. The van der Waals surface area contributed by atoms with Gasteiger partial charge in [0.25, 0.3) is 0 Å². The number of ether oxygens (including phenoxy) is 1. The summed E-state index contributed by atoms with van der Waals surface area (Å²) < 4.78 is 5.27. The Morgan fingerprint density at radius 2 is 1.93 bits per heavy atom. The average Bonchev–Trinajstić information content (AvgIpc) is 2.15. The molecule has 0 spiro atoms. The van der Waals surface area contributed by atoms with E-state index >= 15 is 0 Å². The minimum atomic E-state index is -0.00178. The van der Waals surface area contributed by atoms with Crippen LogP contribution in [0.25, 0.3) is 0 Å². The van der Waals surface area contributed by atoms with Gasteiger partial charge in [-0.1, -0.05) is 32.9 Å². The highest BCUT2D eigenvalue weighted by Crippen LogP contribution is 2.33. The van der Waals surface area contributed by atoms with E-state index in [1.807, 2.05) is 12.1 Å². The quantitative estimate of drug-likeness (QED) is 0.680. The van der Waals surface area contributed by atoms with Crippen molar-refractivity contribution in [2.24, 2.45) is 0 Å². The molecule has 1 aromatic carbocycles. The van der Waals surface area contributed by atoms with E-state index < -0.39 is 0 Å². The van der Waals surface area contributed by atoms with Crippen LogP contribution in [-0.4, -0.2) is 7.11 Å². The Labute approximate surface area is 85.1 Å². The summed E-state index contributed by atoms with van der Waals surface area (Å²) in [7, 11) is 1.60. The van der Waals surface area contributed by atoms with E-state index in [0.717, 1.165) is 5.56 Å². The first-order valence-corrected chi connectivity index (χ1v) is 4.58. The number of nitriles is 1. The van der Waals surface area contributed by atoms with Crippen LogP contribution in [0.1, 0.15) is 31.9 Å². The van der Waals surface area contributed by atoms with E-state index in [2.05, 4.69) is 26.8 Å². The zero-order valence-corrected chi connectivity index (χ0v) is 9.09. The Kier molecular flexibility index (Phi) is 2.81. The fourth-order valence-electron chi connectivity index (χ4n) is 1.44. The maximum Gasteiger partial charge on any atom is 0.140 e. The van der Waals surface area contributed by atoms with Crippen LogP contribution in [0.2, 0.25) is 0 Å². The molecular formula is C12H15NO. The summed E-state index contributed by atoms with van der Waals surface area (Å²) in [6.45, 7) is 6.31. The maximum atomic E-state index is 8.91. The highest BCUT2D eigenvalue weighted by atomic mass is 16.5. The van der Waals surface area contributed by atoms with Gasteiger partial charge in [-0.15, -0.1) is 0 Å². The molecule has 0 saturated carbocycles. The summed E-state index contributed by atoms with van der Waals surface area (Å²) in [5.41, 5.74) is 1.66. The lowest BCUT2D eigenvalue weighted by Gasteiger charge is -2.22. The molecule has 0 atom stereocenters. The van der Waals surface area contributed by atoms with Crippen LogP contribution in [0, 0.1) is 11.3 Å². The fourth-order valence-corrected chi connectivity index (χ4v) is 1.44. The van der Waals surface area contributed by atoms with Crippen molar-refractivity contribution in [3.63, 3.8) is 0 Å². The lowest BCUT2D eigenvalue weighted by atomic mass is 9.85. The first kappa shape index (κ1) is 10.6. The van der Waals surface area contributed by atoms with Crippen LogP contribution in [0.15, 0.2) is 18.2 Å². The molecule has 0 aliphatic heterocycles. The summed E-state index contributed by atoms with van der Waals surface area (Å²) in [5, 5.41) is 8.91. The van der Waals surface area contributed by atoms with E-state index in [4.69, 9.17) is 10.00 Å². The highest BCUT2D eigenvalue weighted by Gasteiger charge is 2.20. The zero-order chi connectivity index (χ0) is 10.8. The molecule has 0 amide bonds. The summed E-state index contributed by atoms with van der Waals surface area (Å²) in [4.78, 5) is 0. The SMILES string of the molecule is COc1c(C#N)cccc1C(C)(C)C. The van der Waals surface area contributed by atoms with E-state index in [0.29, 0.717) is 11.3 Å². The van der Waals surface area contributed by atoms with Crippen LogP contribution >= 0.6 is 0 Å². The number of hydrogen-bond donors (Lipinski definition) is 0. The topological polar surface area (TPSA) is 33.0 Å².